The van der Waals surface area contributed by atoms with Gasteiger partial charge < -0.3 is 54.6 Å². The molecule has 1 heterocycles. The zero-order chi connectivity index (χ0) is 44.7. The van der Waals surface area contributed by atoms with Gasteiger partial charge in [0, 0.05) is 39.0 Å². The number of hydrogen-bond acceptors (Lipinski definition) is 15. The normalized spacial score (nSPS) is 19.5. The van der Waals surface area contributed by atoms with Crippen molar-refractivity contribution >= 4 is 54.0 Å². The van der Waals surface area contributed by atoms with E-state index in [0.29, 0.717) is 0 Å². The third-order valence-corrected chi connectivity index (χ3v) is 18.2. The molecular formula is C40H67BNO14PSi3. The van der Waals surface area contributed by atoms with Gasteiger partial charge in [0.1, 0.15) is 45.5 Å². The minimum absolute atomic E-state index is 0.0414. The Hall–Kier alpha value is -1.91. The molecule has 1 fully saturated rings. The van der Waals surface area contributed by atoms with Crippen LogP contribution in [0.1, 0.15) is 58.8 Å². The van der Waals surface area contributed by atoms with Crippen LogP contribution < -0.4 is 0 Å². The van der Waals surface area contributed by atoms with E-state index in [1.54, 1.807) is 7.11 Å². The molecule has 3 unspecified atom stereocenters. The van der Waals surface area contributed by atoms with Crippen molar-refractivity contribution in [3.8, 4) is 0 Å². The Morgan fingerprint density at radius 3 is 1.62 bits per heavy atom. The van der Waals surface area contributed by atoms with Crippen LogP contribution in [0.5, 0.6) is 0 Å². The molecule has 20 heteroatoms. The van der Waals surface area contributed by atoms with Gasteiger partial charge in [0.25, 0.3) is 15.0 Å². The molecular weight excluding hydrogens is 844 g/mol. The lowest BCUT2D eigenvalue weighted by atomic mass is 9.93. The van der Waals surface area contributed by atoms with Gasteiger partial charge in [-0.2, -0.15) is 0 Å². The highest BCUT2D eigenvalue weighted by Gasteiger charge is 2.56. The van der Waals surface area contributed by atoms with E-state index in [-0.39, 0.29) is 45.1 Å². The Labute approximate surface area is 363 Å². The number of benzene rings is 2. The number of ether oxygens (including phenoxy) is 6. The van der Waals surface area contributed by atoms with Gasteiger partial charge in [0.05, 0.1) is 19.8 Å². The SMILES string of the molecule is [B][C@@H]1O[C@H](CO[Si](OC(c2ccccc2)c2ccccc2)(O[Si](C)(C)C)O[Si](C)(C)C)C(OP(OC)N(C(C)C)C(C)C)C1OC(OCCOC(C)=O)OCCOC(C)=O. The summed E-state index contributed by atoms with van der Waals surface area (Å²) in [5, 5.41) is 0. The van der Waals surface area contributed by atoms with Crippen LogP contribution in [-0.4, -0.2) is 133 Å². The lowest BCUT2D eigenvalue weighted by Crippen LogP contribution is -2.60. The highest BCUT2D eigenvalue weighted by atomic mass is 31.2. The smallest absolute Gasteiger partial charge is 0.463 e. The lowest BCUT2D eigenvalue weighted by molar-refractivity contribution is -0.314. The number of hydrogen-bond donors (Lipinski definition) is 0. The molecule has 0 amide bonds. The molecule has 1 saturated heterocycles. The fourth-order valence-electron chi connectivity index (χ4n) is 6.18. The summed E-state index contributed by atoms with van der Waals surface area (Å²) in [6.07, 6.45) is -3.40. The summed E-state index contributed by atoms with van der Waals surface area (Å²) in [6.45, 7) is 21.4. The quantitative estimate of drug-likeness (QED) is 0.0296. The molecule has 2 aromatic carbocycles. The summed E-state index contributed by atoms with van der Waals surface area (Å²) in [5.74, 6) is -0.943. The molecule has 15 nitrogen and oxygen atoms in total. The molecule has 2 radical (unpaired) electrons. The number of rotatable bonds is 27. The molecule has 0 aromatic heterocycles. The standard InChI is InChI=1S/C40H67BNO14PSi3/c1-29(2)42(30(3)4)57(45-7)53-37-35(51-39(41)38(37)52-40(48-26-24-46-31(5)43)49-27-25-47-32(6)44)28-50-60(55-58(8,9)10,56-59(11,12)13)54-36(33-20-16-14-17-21-33)34-22-18-15-19-23-34/h14-23,29-30,35-40H,24-28H2,1-13H3/t35-,37?,38?,39-,57?/m1/s1. The first-order chi connectivity index (χ1) is 28.1. The fraction of sp³-hybridized carbons (Fsp3) is 0.650. The van der Waals surface area contributed by atoms with Crippen molar-refractivity contribution in [1.82, 2.24) is 4.67 Å². The van der Waals surface area contributed by atoms with Crippen LogP contribution in [0.15, 0.2) is 60.7 Å². The van der Waals surface area contributed by atoms with Gasteiger partial charge >= 0.3 is 21.0 Å². The van der Waals surface area contributed by atoms with E-state index in [2.05, 4.69) is 71.6 Å². The van der Waals surface area contributed by atoms with Gasteiger partial charge in [-0.25, -0.2) is 4.67 Å². The van der Waals surface area contributed by atoms with E-state index >= 15 is 0 Å². The molecule has 0 saturated carbocycles. The summed E-state index contributed by atoms with van der Waals surface area (Å²) in [7, 11) is -2.40. The third kappa shape index (κ3) is 18.1. The maximum absolute atomic E-state index is 11.5. The first-order valence-corrected chi connectivity index (χ1v) is 29.9. The van der Waals surface area contributed by atoms with Crippen LogP contribution in [0.2, 0.25) is 39.3 Å². The van der Waals surface area contributed by atoms with Gasteiger partial charge in [-0.05, 0) is 78.1 Å². The van der Waals surface area contributed by atoms with Gasteiger partial charge in [0.15, 0.2) is 16.6 Å². The summed E-state index contributed by atoms with van der Waals surface area (Å²) in [4.78, 5) is 22.9. The van der Waals surface area contributed by atoms with Crippen molar-refractivity contribution < 1.29 is 64.1 Å². The largest absolute Gasteiger partial charge is 0.659 e. The van der Waals surface area contributed by atoms with Crippen LogP contribution in [0.4, 0.5) is 0 Å². The van der Waals surface area contributed by atoms with Crippen molar-refractivity contribution in [3.05, 3.63) is 71.8 Å². The van der Waals surface area contributed by atoms with E-state index < -0.39 is 83.0 Å². The van der Waals surface area contributed by atoms with Gasteiger partial charge in [-0.3, -0.25) is 9.59 Å². The molecule has 336 valence electrons. The highest BCUT2D eigenvalue weighted by Crippen LogP contribution is 2.49. The molecule has 1 aliphatic rings. The second-order valence-corrected chi connectivity index (χ2v) is 29.7. The molecule has 2 aromatic rings. The number of nitrogens with zero attached hydrogens (tertiary/aromatic N) is 1. The van der Waals surface area contributed by atoms with Crippen molar-refractivity contribution in [1.29, 1.82) is 0 Å². The average Bonchev–Trinajstić information content (AvgIpc) is 3.44. The van der Waals surface area contributed by atoms with E-state index in [0.717, 1.165) is 11.1 Å². The Bertz CT molecular complexity index is 1470. The monoisotopic (exact) mass is 911 g/mol. The molecule has 1 aliphatic heterocycles. The Balaban J connectivity index is 2.09. The molecule has 5 atom stereocenters. The van der Waals surface area contributed by atoms with Crippen molar-refractivity contribution in [2.24, 2.45) is 0 Å². The predicted octanol–water partition coefficient (Wildman–Crippen LogP) is 7.05. The van der Waals surface area contributed by atoms with Gasteiger partial charge in [0.2, 0.25) is 0 Å². The predicted molar refractivity (Wildman–Crippen MR) is 236 cm³/mol. The van der Waals surface area contributed by atoms with Crippen molar-refractivity contribution in [3.63, 3.8) is 0 Å². The molecule has 0 bridgehead atoms. The van der Waals surface area contributed by atoms with Crippen molar-refractivity contribution in [2.75, 3.05) is 40.1 Å². The zero-order valence-corrected chi connectivity index (χ0v) is 41.5. The fourth-order valence-corrected chi connectivity index (χ4v) is 16.2. The third-order valence-electron chi connectivity index (χ3n) is 8.27. The number of esters is 2. The maximum atomic E-state index is 11.5. The first kappa shape index (κ1) is 52.4. The zero-order valence-electron chi connectivity index (χ0n) is 37.6. The second kappa shape index (κ2) is 24.8. The summed E-state index contributed by atoms with van der Waals surface area (Å²) in [5.41, 5.74) is 1.80. The molecule has 0 spiro atoms. The highest BCUT2D eigenvalue weighted by molar-refractivity contribution is 7.44. The summed E-state index contributed by atoms with van der Waals surface area (Å²) in [6, 6.07) is 18.8. The number of carbonyl (C=O) groups is 2. The second-order valence-electron chi connectivity index (χ2n) is 16.6. The Morgan fingerprint density at radius 2 is 1.22 bits per heavy atom. The van der Waals surface area contributed by atoms with Gasteiger partial charge in [-0.15, -0.1) is 0 Å². The van der Waals surface area contributed by atoms with Crippen LogP contribution in [0.3, 0.4) is 0 Å². The van der Waals surface area contributed by atoms with Crippen LogP contribution >= 0.6 is 8.53 Å². The molecule has 0 N–H and O–H groups in total. The van der Waals surface area contributed by atoms with E-state index in [1.165, 1.54) is 13.8 Å². The Kier molecular flexibility index (Phi) is 21.7. The van der Waals surface area contributed by atoms with E-state index in [9.17, 15) is 9.59 Å². The lowest BCUT2D eigenvalue weighted by Gasteiger charge is -2.41. The van der Waals surface area contributed by atoms with E-state index in [4.69, 9.17) is 62.4 Å². The molecule has 0 aliphatic carbocycles. The molecule has 60 heavy (non-hydrogen) atoms. The summed E-state index contributed by atoms with van der Waals surface area (Å²) >= 11 is 0. The average molecular weight is 912 g/mol. The topological polar surface area (TPSA) is 148 Å². The Morgan fingerprint density at radius 1 is 0.750 bits per heavy atom. The van der Waals surface area contributed by atoms with E-state index in [1.807, 2.05) is 60.7 Å². The van der Waals surface area contributed by atoms with Crippen molar-refractivity contribution in [2.45, 2.75) is 130 Å². The van der Waals surface area contributed by atoms with Gasteiger partial charge in [-0.1, -0.05) is 60.7 Å². The minimum Gasteiger partial charge on any atom is -0.463 e. The maximum Gasteiger partial charge on any atom is 0.659 e. The summed E-state index contributed by atoms with van der Waals surface area (Å²) < 4.78 is 77.8. The van der Waals surface area contributed by atoms with Crippen LogP contribution in [-0.2, 0) is 64.1 Å². The number of carbonyl (C=O) groups excluding carboxylic acids is 2. The van der Waals surface area contributed by atoms with Crippen LogP contribution in [0, 0.1) is 0 Å². The minimum atomic E-state index is -4.10. The molecule has 3 rings (SSSR count). The van der Waals surface area contributed by atoms with Crippen LogP contribution in [0.25, 0.3) is 0 Å². The first-order valence-electron chi connectivity index (χ1n) is 20.3.